The summed E-state index contributed by atoms with van der Waals surface area (Å²) in [5, 5.41) is 5.45. The van der Waals surface area contributed by atoms with Crippen LogP contribution in [-0.2, 0) is 4.79 Å². The van der Waals surface area contributed by atoms with Gasteiger partial charge in [-0.3, -0.25) is 4.79 Å². The molecule has 6 nitrogen and oxygen atoms in total. The molecule has 2 N–H and O–H groups in total. The molecule has 0 saturated carbocycles. The number of benzene rings is 3. The van der Waals surface area contributed by atoms with Crippen molar-refractivity contribution < 1.29 is 18.7 Å². The predicted octanol–water partition coefficient (Wildman–Crippen LogP) is 4.71. The van der Waals surface area contributed by atoms with E-state index in [0.29, 0.717) is 18.8 Å². The number of carbonyl (C=O) groups excluding carboxylic acids is 2. The standard InChI is InChI=1S/C24H22FN3O3/c25-19-12-7-13-21(31-18-10-5-2-6-11-18)23(19)27-24(30)28-15-14-26-22(29)16-20(28)17-8-3-1-4-9-17/h1-13,20H,14-16H2,(H,26,29)(H,27,30). The van der Waals surface area contributed by atoms with Gasteiger partial charge in [0.2, 0.25) is 5.91 Å². The first-order valence-corrected chi connectivity index (χ1v) is 10.0. The Balaban J connectivity index is 1.61. The molecule has 0 spiro atoms. The zero-order valence-corrected chi connectivity index (χ0v) is 16.8. The lowest BCUT2D eigenvalue weighted by molar-refractivity contribution is -0.121. The van der Waals surface area contributed by atoms with E-state index in [0.717, 1.165) is 5.56 Å². The van der Waals surface area contributed by atoms with E-state index < -0.39 is 17.9 Å². The Morgan fingerprint density at radius 1 is 1.00 bits per heavy atom. The first-order valence-electron chi connectivity index (χ1n) is 10.0. The van der Waals surface area contributed by atoms with Crippen molar-refractivity contribution in [1.29, 1.82) is 0 Å². The Bertz CT molecular complexity index is 1060. The van der Waals surface area contributed by atoms with Crippen LogP contribution < -0.4 is 15.4 Å². The van der Waals surface area contributed by atoms with Crippen LogP contribution in [0.4, 0.5) is 14.9 Å². The summed E-state index contributed by atoms with van der Waals surface area (Å²) in [6.45, 7) is 0.612. The van der Waals surface area contributed by atoms with E-state index in [1.807, 2.05) is 36.4 Å². The van der Waals surface area contributed by atoms with Gasteiger partial charge in [0.05, 0.1) is 12.5 Å². The van der Waals surface area contributed by atoms with E-state index in [1.54, 1.807) is 35.2 Å². The van der Waals surface area contributed by atoms with Crippen LogP contribution in [0.5, 0.6) is 11.5 Å². The summed E-state index contributed by atoms with van der Waals surface area (Å²) < 4.78 is 20.5. The number of carbonyl (C=O) groups is 2. The van der Waals surface area contributed by atoms with Gasteiger partial charge in [-0.25, -0.2) is 9.18 Å². The van der Waals surface area contributed by atoms with Gasteiger partial charge < -0.3 is 20.3 Å². The molecule has 1 fully saturated rings. The maximum atomic E-state index is 14.7. The van der Waals surface area contributed by atoms with Gasteiger partial charge in [0.25, 0.3) is 0 Å². The van der Waals surface area contributed by atoms with Crippen LogP contribution in [0.3, 0.4) is 0 Å². The van der Waals surface area contributed by atoms with Crippen molar-refractivity contribution in [1.82, 2.24) is 10.2 Å². The number of rotatable bonds is 4. The quantitative estimate of drug-likeness (QED) is 0.643. The normalized spacial score (nSPS) is 16.2. The molecule has 1 atom stereocenters. The summed E-state index contributed by atoms with van der Waals surface area (Å²) >= 11 is 0. The van der Waals surface area contributed by atoms with Gasteiger partial charge in [0.1, 0.15) is 11.4 Å². The molecule has 1 aliphatic heterocycles. The zero-order chi connectivity index (χ0) is 21.6. The van der Waals surface area contributed by atoms with E-state index in [4.69, 9.17) is 4.74 Å². The minimum atomic E-state index is -0.609. The number of hydrogen-bond acceptors (Lipinski definition) is 3. The summed E-state index contributed by atoms with van der Waals surface area (Å²) in [6, 6.07) is 21.7. The third kappa shape index (κ3) is 4.83. The first-order chi connectivity index (χ1) is 15.1. The fourth-order valence-electron chi connectivity index (χ4n) is 3.55. The molecule has 3 aromatic rings. The Morgan fingerprint density at radius 3 is 2.45 bits per heavy atom. The highest BCUT2D eigenvalue weighted by Crippen LogP contribution is 2.33. The van der Waals surface area contributed by atoms with E-state index in [-0.39, 0.29) is 23.8 Å². The molecule has 3 aromatic carbocycles. The highest BCUT2D eigenvalue weighted by molar-refractivity contribution is 5.92. The van der Waals surface area contributed by atoms with E-state index in [2.05, 4.69) is 10.6 Å². The number of nitrogens with one attached hydrogen (secondary N) is 2. The van der Waals surface area contributed by atoms with Crippen LogP contribution in [0.15, 0.2) is 78.9 Å². The first kappa shape index (κ1) is 20.4. The Morgan fingerprint density at radius 2 is 1.71 bits per heavy atom. The molecule has 1 heterocycles. The van der Waals surface area contributed by atoms with Crippen molar-refractivity contribution >= 4 is 17.6 Å². The molecular formula is C24H22FN3O3. The molecule has 0 bridgehead atoms. The van der Waals surface area contributed by atoms with Crippen molar-refractivity contribution in [2.75, 3.05) is 18.4 Å². The lowest BCUT2D eigenvalue weighted by Crippen LogP contribution is -2.39. The topological polar surface area (TPSA) is 70.7 Å². The third-order valence-electron chi connectivity index (χ3n) is 5.05. The second-order valence-corrected chi connectivity index (χ2v) is 7.13. The zero-order valence-electron chi connectivity index (χ0n) is 16.8. The number of anilines is 1. The molecule has 158 valence electrons. The molecule has 31 heavy (non-hydrogen) atoms. The van der Waals surface area contributed by atoms with Gasteiger partial charge in [-0.1, -0.05) is 54.6 Å². The minimum Gasteiger partial charge on any atom is -0.455 e. The average Bonchev–Trinajstić information content (AvgIpc) is 2.99. The number of urea groups is 1. The van der Waals surface area contributed by atoms with Gasteiger partial charge in [-0.05, 0) is 29.8 Å². The van der Waals surface area contributed by atoms with E-state index in [1.165, 1.54) is 12.1 Å². The molecule has 0 aliphatic carbocycles. The molecule has 1 saturated heterocycles. The van der Waals surface area contributed by atoms with Gasteiger partial charge >= 0.3 is 6.03 Å². The fourth-order valence-corrected chi connectivity index (χ4v) is 3.55. The molecule has 1 unspecified atom stereocenters. The molecule has 0 aromatic heterocycles. The molecule has 3 amide bonds. The van der Waals surface area contributed by atoms with Crippen molar-refractivity contribution in [2.45, 2.75) is 12.5 Å². The number of ether oxygens (including phenoxy) is 1. The number of nitrogens with zero attached hydrogens (tertiary/aromatic N) is 1. The number of halogens is 1. The van der Waals surface area contributed by atoms with Crippen LogP contribution >= 0.6 is 0 Å². The Kier molecular flexibility index (Phi) is 6.12. The highest BCUT2D eigenvalue weighted by atomic mass is 19.1. The molecular weight excluding hydrogens is 397 g/mol. The van der Waals surface area contributed by atoms with Gasteiger partial charge in [-0.15, -0.1) is 0 Å². The molecule has 0 radical (unpaired) electrons. The van der Waals surface area contributed by atoms with Crippen molar-refractivity contribution in [2.24, 2.45) is 0 Å². The largest absolute Gasteiger partial charge is 0.455 e. The second-order valence-electron chi connectivity index (χ2n) is 7.13. The van der Waals surface area contributed by atoms with Crippen LogP contribution in [0.25, 0.3) is 0 Å². The van der Waals surface area contributed by atoms with Crippen molar-refractivity contribution in [3.63, 3.8) is 0 Å². The fraction of sp³-hybridized carbons (Fsp3) is 0.167. The SMILES string of the molecule is O=C1CC(c2ccccc2)N(C(=O)Nc2c(F)cccc2Oc2ccccc2)CCN1. The third-order valence-corrected chi connectivity index (χ3v) is 5.05. The van der Waals surface area contributed by atoms with Crippen LogP contribution in [0, 0.1) is 5.82 Å². The van der Waals surface area contributed by atoms with E-state index in [9.17, 15) is 14.0 Å². The maximum absolute atomic E-state index is 14.7. The van der Waals surface area contributed by atoms with Gasteiger partial charge in [0.15, 0.2) is 11.6 Å². The Labute approximate surface area is 179 Å². The monoisotopic (exact) mass is 419 g/mol. The van der Waals surface area contributed by atoms with E-state index >= 15 is 0 Å². The van der Waals surface area contributed by atoms with Crippen LogP contribution in [0.1, 0.15) is 18.0 Å². The summed E-state index contributed by atoms with van der Waals surface area (Å²) in [4.78, 5) is 26.9. The summed E-state index contributed by atoms with van der Waals surface area (Å²) in [5.41, 5.74) is 0.788. The summed E-state index contributed by atoms with van der Waals surface area (Å²) in [5.74, 6) is -0.0274. The minimum absolute atomic E-state index is 0.0494. The van der Waals surface area contributed by atoms with Crippen molar-refractivity contribution in [3.8, 4) is 11.5 Å². The van der Waals surface area contributed by atoms with Crippen LogP contribution in [-0.4, -0.2) is 29.9 Å². The van der Waals surface area contributed by atoms with Gasteiger partial charge in [0, 0.05) is 13.1 Å². The molecule has 1 aliphatic rings. The van der Waals surface area contributed by atoms with Crippen molar-refractivity contribution in [3.05, 3.63) is 90.2 Å². The highest BCUT2D eigenvalue weighted by Gasteiger charge is 2.30. The Hall–Kier alpha value is -3.87. The second kappa shape index (κ2) is 9.30. The summed E-state index contributed by atoms with van der Waals surface area (Å²) in [6.07, 6.45) is 0.127. The number of hydrogen-bond donors (Lipinski definition) is 2. The molecule has 7 heteroatoms. The average molecular weight is 419 g/mol. The lowest BCUT2D eigenvalue weighted by Gasteiger charge is -2.30. The number of para-hydroxylation sites is 2. The number of amides is 3. The summed E-state index contributed by atoms with van der Waals surface area (Å²) in [7, 11) is 0. The maximum Gasteiger partial charge on any atom is 0.322 e. The van der Waals surface area contributed by atoms with Crippen LogP contribution in [0.2, 0.25) is 0 Å². The smallest absolute Gasteiger partial charge is 0.322 e. The lowest BCUT2D eigenvalue weighted by atomic mass is 10.0. The predicted molar refractivity (Wildman–Crippen MR) is 115 cm³/mol. The molecule has 4 rings (SSSR count). The van der Waals surface area contributed by atoms with Gasteiger partial charge in [-0.2, -0.15) is 0 Å².